The van der Waals surface area contributed by atoms with Crippen LogP contribution in [0.15, 0.2) is 18.2 Å². The maximum Gasteiger partial charge on any atom is 0.189 e. The van der Waals surface area contributed by atoms with Crippen molar-refractivity contribution < 1.29 is 13.9 Å². The molecule has 0 aliphatic carbocycles. The Labute approximate surface area is 113 Å². The molecule has 1 fully saturated rings. The van der Waals surface area contributed by atoms with E-state index in [4.69, 9.17) is 9.47 Å². The Morgan fingerprint density at radius 3 is 3.00 bits per heavy atom. The molecule has 5 heteroatoms. The first kappa shape index (κ1) is 14.1. The van der Waals surface area contributed by atoms with E-state index in [-0.39, 0.29) is 12.6 Å². The van der Waals surface area contributed by atoms with Crippen LogP contribution in [0.1, 0.15) is 13.3 Å². The molecule has 1 saturated heterocycles. The lowest BCUT2D eigenvalue weighted by Gasteiger charge is -2.23. The van der Waals surface area contributed by atoms with Crippen molar-refractivity contribution >= 4 is 5.69 Å². The van der Waals surface area contributed by atoms with Crippen LogP contribution in [0.3, 0.4) is 0 Å². The number of halogens is 1. The van der Waals surface area contributed by atoms with Crippen molar-refractivity contribution in [2.75, 3.05) is 44.5 Å². The van der Waals surface area contributed by atoms with Gasteiger partial charge in [0.25, 0.3) is 0 Å². The summed E-state index contributed by atoms with van der Waals surface area (Å²) in [5.74, 6) is 0.263. The lowest BCUT2D eigenvalue weighted by Crippen LogP contribution is -2.28. The van der Waals surface area contributed by atoms with Crippen LogP contribution < -0.4 is 15.0 Å². The SMILES string of the molecule is CCOCOc1ccc(N2CCCNCC2)c(F)c1. The summed E-state index contributed by atoms with van der Waals surface area (Å²) < 4.78 is 24.5. The van der Waals surface area contributed by atoms with Crippen molar-refractivity contribution in [3.05, 3.63) is 24.0 Å². The van der Waals surface area contributed by atoms with Gasteiger partial charge in [0.1, 0.15) is 11.6 Å². The van der Waals surface area contributed by atoms with Gasteiger partial charge in [0, 0.05) is 32.3 Å². The molecule has 1 aromatic rings. The second-order valence-corrected chi connectivity index (χ2v) is 4.46. The number of anilines is 1. The Hall–Kier alpha value is -1.33. The largest absolute Gasteiger partial charge is 0.467 e. The minimum Gasteiger partial charge on any atom is -0.467 e. The third kappa shape index (κ3) is 4.08. The van der Waals surface area contributed by atoms with Crippen LogP contribution in [-0.2, 0) is 4.74 Å². The molecule has 0 radical (unpaired) electrons. The van der Waals surface area contributed by atoms with Crippen molar-refractivity contribution in [1.29, 1.82) is 0 Å². The number of nitrogens with zero attached hydrogens (tertiary/aromatic N) is 1. The fourth-order valence-corrected chi connectivity index (χ4v) is 2.11. The molecule has 0 unspecified atom stereocenters. The zero-order valence-corrected chi connectivity index (χ0v) is 11.3. The third-order valence-corrected chi connectivity index (χ3v) is 3.11. The topological polar surface area (TPSA) is 33.7 Å². The molecule has 1 aromatic carbocycles. The number of ether oxygens (including phenoxy) is 2. The van der Waals surface area contributed by atoms with Gasteiger partial charge in [-0.3, -0.25) is 0 Å². The van der Waals surface area contributed by atoms with E-state index in [0.29, 0.717) is 18.0 Å². The Morgan fingerprint density at radius 2 is 2.21 bits per heavy atom. The molecular weight excluding hydrogens is 247 g/mol. The predicted octanol–water partition coefficient (Wildman–Crippen LogP) is 2.00. The standard InChI is InChI=1S/C14H21FN2O2/c1-2-18-11-19-12-4-5-14(13(15)10-12)17-8-3-6-16-7-9-17/h4-5,10,16H,2-3,6-9,11H2,1H3. The second kappa shape index (κ2) is 7.31. The lowest BCUT2D eigenvalue weighted by molar-refractivity contribution is 0.0222. The highest BCUT2D eigenvalue weighted by atomic mass is 19.1. The van der Waals surface area contributed by atoms with Crippen molar-refractivity contribution in [2.45, 2.75) is 13.3 Å². The summed E-state index contributed by atoms with van der Waals surface area (Å²) in [6.07, 6.45) is 1.03. The van der Waals surface area contributed by atoms with Crippen LogP contribution in [-0.4, -0.2) is 39.6 Å². The Kier molecular flexibility index (Phi) is 5.42. The monoisotopic (exact) mass is 268 g/mol. The van der Waals surface area contributed by atoms with Gasteiger partial charge >= 0.3 is 0 Å². The van der Waals surface area contributed by atoms with Gasteiger partial charge in [0.15, 0.2) is 6.79 Å². The smallest absolute Gasteiger partial charge is 0.189 e. The molecule has 19 heavy (non-hydrogen) atoms. The van der Waals surface area contributed by atoms with Gasteiger partial charge in [0.05, 0.1) is 5.69 Å². The van der Waals surface area contributed by atoms with E-state index in [1.165, 1.54) is 6.07 Å². The molecule has 4 nitrogen and oxygen atoms in total. The molecule has 1 N–H and O–H groups in total. The van der Waals surface area contributed by atoms with E-state index >= 15 is 0 Å². The number of rotatable bonds is 5. The summed E-state index contributed by atoms with van der Waals surface area (Å²) in [4.78, 5) is 2.07. The Balaban J connectivity index is 2.01. The first-order valence-electron chi connectivity index (χ1n) is 6.77. The van der Waals surface area contributed by atoms with E-state index in [2.05, 4.69) is 10.2 Å². The second-order valence-electron chi connectivity index (χ2n) is 4.46. The quantitative estimate of drug-likeness (QED) is 0.654. The number of hydrogen-bond acceptors (Lipinski definition) is 4. The third-order valence-electron chi connectivity index (χ3n) is 3.11. The summed E-state index contributed by atoms with van der Waals surface area (Å²) in [5.41, 5.74) is 0.646. The average Bonchev–Trinajstić information content (AvgIpc) is 2.68. The maximum absolute atomic E-state index is 14.1. The normalized spacial score (nSPS) is 16.2. The Morgan fingerprint density at radius 1 is 1.32 bits per heavy atom. The zero-order chi connectivity index (χ0) is 13.5. The highest BCUT2D eigenvalue weighted by Crippen LogP contribution is 2.24. The van der Waals surface area contributed by atoms with Crippen LogP contribution in [0.5, 0.6) is 5.75 Å². The van der Waals surface area contributed by atoms with E-state index in [1.807, 2.05) is 6.92 Å². The van der Waals surface area contributed by atoms with Gasteiger partial charge in [-0.1, -0.05) is 0 Å². The molecule has 106 valence electrons. The van der Waals surface area contributed by atoms with Gasteiger partial charge in [-0.05, 0) is 32.0 Å². The van der Waals surface area contributed by atoms with Crippen molar-refractivity contribution in [3.8, 4) is 5.75 Å². The van der Waals surface area contributed by atoms with E-state index in [0.717, 1.165) is 32.6 Å². The van der Waals surface area contributed by atoms with Crippen molar-refractivity contribution in [1.82, 2.24) is 5.32 Å². The summed E-state index contributed by atoms with van der Waals surface area (Å²) >= 11 is 0. The molecule has 1 aliphatic heterocycles. The molecule has 0 spiro atoms. The summed E-state index contributed by atoms with van der Waals surface area (Å²) in [6.45, 7) is 6.22. The number of benzene rings is 1. The fraction of sp³-hybridized carbons (Fsp3) is 0.571. The van der Waals surface area contributed by atoms with E-state index < -0.39 is 0 Å². The van der Waals surface area contributed by atoms with Crippen LogP contribution >= 0.6 is 0 Å². The first-order valence-corrected chi connectivity index (χ1v) is 6.77. The summed E-state index contributed by atoms with van der Waals surface area (Å²) in [7, 11) is 0. The molecular formula is C14H21FN2O2. The van der Waals surface area contributed by atoms with Crippen LogP contribution in [0.4, 0.5) is 10.1 Å². The molecule has 1 heterocycles. The molecule has 0 aromatic heterocycles. The van der Waals surface area contributed by atoms with Gasteiger partial charge < -0.3 is 19.7 Å². The van der Waals surface area contributed by atoms with E-state index in [9.17, 15) is 4.39 Å². The first-order chi connectivity index (χ1) is 9.31. The Bertz CT molecular complexity index is 393. The predicted molar refractivity (Wildman–Crippen MR) is 73.2 cm³/mol. The molecule has 0 bridgehead atoms. The molecule has 0 amide bonds. The van der Waals surface area contributed by atoms with Crippen molar-refractivity contribution in [2.24, 2.45) is 0 Å². The fourth-order valence-electron chi connectivity index (χ4n) is 2.11. The molecule has 1 aliphatic rings. The van der Waals surface area contributed by atoms with Crippen molar-refractivity contribution in [3.63, 3.8) is 0 Å². The minimum atomic E-state index is -0.240. The zero-order valence-electron chi connectivity index (χ0n) is 11.3. The molecule has 2 rings (SSSR count). The van der Waals surface area contributed by atoms with Crippen LogP contribution in [0.25, 0.3) is 0 Å². The van der Waals surface area contributed by atoms with Crippen LogP contribution in [0.2, 0.25) is 0 Å². The van der Waals surface area contributed by atoms with Gasteiger partial charge in [-0.2, -0.15) is 0 Å². The number of nitrogens with one attached hydrogen (secondary N) is 1. The minimum absolute atomic E-state index is 0.156. The highest BCUT2D eigenvalue weighted by molar-refractivity contribution is 5.50. The van der Waals surface area contributed by atoms with Gasteiger partial charge in [-0.25, -0.2) is 4.39 Å². The molecule has 0 atom stereocenters. The molecule has 0 saturated carbocycles. The van der Waals surface area contributed by atoms with Gasteiger partial charge in [-0.15, -0.1) is 0 Å². The summed E-state index contributed by atoms with van der Waals surface area (Å²) in [5, 5.41) is 3.31. The maximum atomic E-state index is 14.1. The van der Waals surface area contributed by atoms with E-state index in [1.54, 1.807) is 12.1 Å². The number of hydrogen-bond donors (Lipinski definition) is 1. The average molecular weight is 268 g/mol. The highest BCUT2D eigenvalue weighted by Gasteiger charge is 2.14. The van der Waals surface area contributed by atoms with Crippen LogP contribution in [0, 0.1) is 5.82 Å². The lowest BCUT2D eigenvalue weighted by atomic mass is 10.2. The summed E-state index contributed by atoms with van der Waals surface area (Å²) in [6, 6.07) is 4.99. The van der Waals surface area contributed by atoms with Gasteiger partial charge in [0.2, 0.25) is 0 Å².